The standard InChI is InChI=1S/C35H30Cl2F3N5O4S/c1-19-31(37)26-14-23(36)16-41-32(26)45(19)25-12-22(11-20-5-4-6-20)30-29(15-25)50-43-33(30)49-28(34(46)47)13-21-7-2-3-8-27(21)48-17-24-9-10-42-44(24)18-35(38,39)40/h2-3,7-10,12,14-16,20,28H,4-6,11,13,17-18H2,1H3,(H,46,47). The van der Waals surface area contributed by atoms with Gasteiger partial charge in [-0.25, -0.2) is 9.78 Å². The summed E-state index contributed by atoms with van der Waals surface area (Å²) in [5, 5.41) is 16.6. The molecule has 1 atom stereocenters. The smallest absolute Gasteiger partial charge is 0.408 e. The van der Waals surface area contributed by atoms with Crippen LogP contribution in [0.5, 0.6) is 11.6 Å². The van der Waals surface area contributed by atoms with Crippen LogP contribution in [0.25, 0.3) is 26.8 Å². The summed E-state index contributed by atoms with van der Waals surface area (Å²) in [6, 6.07) is 14.1. The summed E-state index contributed by atoms with van der Waals surface area (Å²) in [6.45, 7) is 0.479. The van der Waals surface area contributed by atoms with Crippen molar-refractivity contribution in [2.45, 2.75) is 64.5 Å². The molecule has 0 spiro atoms. The summed E-state index contributed by atoms with van der Waals surface area (Å²) in [6.07, 6.45) is 1.13. The highest BCUT2D eigenvalue weighted by atomic mass is 35.5. The number of carbonyl (C=O) groups is 1. The van der Waals surface area contributed by atoms with Gasteiger partial charge in [0, 0.05) is 35.6 Å². The van der Waals surface area contributed by atoms with Gasteiger partial charge in [-0.05, 0) is 72.3 Å². The van der Waals surface area contributed by atoms with E-state index >= 15 is 0 Å². The number of hydrogen-bond acceptors (Lipinski definition) is 7. The van der Waals surface area contributed by atoms with Crippen LogP contribution in [-0.4, -0.2) is 47.1 Å². The van der Waals surface area contributed by atoms with Crippen LogP contribution in [0.2, 0.25) is 10.0 Å². The minimum absolute atomic E-state index is 0.0797. The van der Waals surface area contributed by atoms with Gasteiger partial charge < -0.3 is 14.6 Å². The highest BCUT2D eigenvalue weighted by Crippen LogP contribution is 2.41. The van der Waals surface area contributed by atoms with Gasteiger partial charge in [-0.15, -0.1) is 0 Å². The summed E-state index contributed by atoms with van der Waals surface area (Å²) >= 11 is 14.2. The topological polar surface area (TPSA) is 104 Å². The second-order valence-corrected chi connectivity index (χ2v) is 14.0. The van der Waals surface area contributed by atoms with Crippen molar-refractivity contribution in [3.63, 3.8) is 0 Å². The van der Waals surface area contributed by atoms with Crippen molar-refractivity contribution in [2.24, 2.45) is 5.92 Å². The molecule has 4 aromatic heterocycles. The van der Waals surface area contributed by atoms with Crippen LogP contribution < -0.4 is 9.47 Å². The Kier molecular flexibility index (Phi) is 9.40. The Balaban J connectivity index is 1.19. The molecule has 0 saturated heterocycles. The maximum absolute atomic E-state index is 13.0. The first-order valence-electron chi connectivity index (χ1n) is 15.9. The lowest BCUT2D eigenvalue weighted by Gasteiger charge is -2.26. The van der Waals surface area contributed by atoms with Crippen LogP contribution in [0.3, 0.4) is 0 Å². The number of pyridine rings is 1. The number of hydrogen-bond donors (Lipinski definition) is 1. The SMILES string of the molecule is Cc1c(Cl)c2cc(Cl)cnc2n1-c1cc(CC2CCC2)c2c(OC(Cc3ccccc3OCc3ccnn3CC(F)(F)F)C(=O)O)nsc2c1. The molecule has 9 nitrogen and oxygen atoms in total. The van der Waals surface area contributed by atoms with Crippen molar-refractivity contribution in [3.8, 4) is 17.3 Å². The number of ether oxygens (including phenoxy) is 2. The van der Waals surface area contributed by atoms with Crippen molar-refractivity contribution in [3.05, 3.63) is 93.5 Å². The number of carboxylic acid groups (broad SMARTS) is 1. The van der Waals surface area contributed by atoms with Gasteiger partial charge >= 0.3 is 12.1 Å². The molecule has 0 radical (unpaired) electrons. The van der Waals surface area contributed by atoms with Crippen molar-refractivity contribution in [2.75, 3.05) is 0 Å². The lowest BCUT2D eigenvalue weighted by molar-refractivity contribution is -0.145. The maximum Gasteiger partial charge on any atom is 0.408 e. The van der Waals surface area contributed by atoms with E-state index in [1.165, 1.54) is 23.8 Å². The molecule has 0 bridgehead atoms. The summed E-state index contributed by atoms with van der Waals surface area (Å²) in [5.74, 6) is -0.167. The third kappa shape index (κ3) is 6.99. The van der Waals surface area contributed by atoms with Crippen LogP contribution in [0, 0.1) is 12.8 Å². The van der Waals surface area contributed by atoms with Crippen LogP contribution in [0.4, 0.5) is 13.2 Å². The second kappa shape index (κ2) is 13.8. The number of alkyl halides is 3. The number of aliphatic carboxylic acids is 1. The second-order valence-electron chi connectivity index (χ2n) is 12.4. The van der Waals surface area contributed by atoms with E-state index < -0.39 is 24.8 Å². The number of carboxylic acids is 1. The molecule has 1 unspecified atom stereocenters. The molecule has 0 amide bonds. The zero-order chi connectivity index (χ0) is 35.2. The number of nitrogens with zero attached hydrogens (tertiary/aromatic N) is 5. The molecular weight excluding hydrogens is 714 g/mol. The summed E-state index contributed by atoms with van der Waals surface area (Å²) in [4.78, 5) is 17.2. The van der Waals surface area contributed by atoms with Crippen LogP contribution >= 0.6 is 34.7 Å². The number of benzene rings is 2. The number of halogens is 5. The molecule has 6 aromatic rings. The summed E-state index contributed by atoms with van der Waals surface area (Å²) < 4.78 is 59.3. The van der Waals surface area contributed by atoms with E-state index in [9.17, 15) is 23.1 Å². The number of aromatic nitrogens is 5. The van der Waals surface area contributed by atoms with E-state index in [1.807, 2.05) is 17.6 Å². The van der Waals surface area contributed by atoms with E-state index in [0.717, 1.165) is 62.8 Å². The highest BCUT2D eigenvalue weighted by Gasteiger charge is 2.30. The van der Waals surface area contributed by atoms with Gasteiger partial charge in [-0.1, -0.05) is 60.7 Å². The molecular formula is C35H30Cl2F3N5O4S. The van der Waals surface area contributed by atoms with E-state index in [4.69, 9.17) is 32.7 Å². The maximum atomic E-state index is 13.0. The summed E-state index contributed by atoms with van der Waals surface area (Å²) in [7, 11) is 0. The fourth-order valence-electron chi connectivity index (χ4n) is 6.30. The van der Waals surface area contributed by atoms with Crippen molar-refractivity contribution >= 4 is 61.8 Å². The van der Waals surface area contributed by atoms with E-state index in [2.05, 4.69) is 20.5 Å². The molecule has 2 aromatic carbocycles. The van der Waals surface area contributed by atoms with E-state index in [1.54, 1.807) is 36.5 Å². The number of para-hydroxylation sites is 1. The normalized spacial score (nSPS) is 14.3. The van der Waals surface area contributed by atoms with Crippen molar-refractivity contribution in [1.29, 1.82) is 0 Å². The molecule has 7 rings (SSSR count). The average Bonchev–Trinajstić information content (AvgIpc) is 3.73. The van der Waals surface area contributed by atoms with E-state index in [0.29, 0.717) is 32.9 Å². The predicted molar refractivity (Wildman–Crippen MR) is 185 cm³/mol. The monoisotopic (exact) mass is 743 g/mol. The lowest BCUT2D eigenvalue weighted by Crippen LogP contribution is -2.30. The Labute approximate surface area is 298 Å². The predicted octanol–water partition coefficient (Wildman–Crippen LogP) is 9.01. The number of fused-ring (bicyclic) bond motifs is 2. The van der Waals surface area contributed by atoms with Gasteiger partial charge in [0.2, 0.25) is 12.0 Å². The Bertz CT molecular complexity index is 2210. The first-order chi connectivity index (χ1) is 23.9. The third-order valence-corrected chi connectivity index (χ3v) is 10.4. The molecule has 1 aliphatic rings. The van der Waals surface area contributed by atoms with E-state index in [-0.39, 0.29) is 24.6 Å². The molecule has 50 heavy (non-hydrogen) atoms. The first kappa shape index (κ1) is 34.1. The largest absolute Gasteiger partial charge is 0.487 e. The van der Waals surface area contributed by atoms with Gasteiger partial charge in [0.05, 0.1) is 25.8 Å². The molecule has 1 fully saturated rings. The van der Waals surface area contributed by atoms with Crippen LogP contribution in [0.1, 0.15) is 41.8 Å². The Hall–Kier alpha value is -4.33. The first-order valence-corrected chi connectivity index (χ1v) is 17.4. The van der Waals surface area contributed by atoms with Gasteiger partial charge in [0.15, 0.2) is 0 Å². The molecule has 1 aliphatic carbocycles. The number of rotatable bonds is 12. The molecule has 15 heteroatoms. The fraction of sp³-hybridized carbons (Fsp3) is 0.314. The molecule has 1 saturated carbocycles. The van der Waals surface area contributed by atoms with Gasteiger partial charge in [0.1, 0.15) is 24.5 Å². The molecule has 4 heterocycles. The molecule has 260 valence electrons. The lowest BCUT2D eigenvalue weighted by atomic mass is 9.80. The van der Waals surface area contributed by atoms with Crippen molar-refractivity contribution < 1.29 is 32.5 Å². The van der Waals surface area contributed by atoms with Crippen LogP contribution in [-0.2, 0) is 30.8 Å². The third-order valence-electron chi connectivity index (χ3n) is 8.95. The Morgan fingerprint density at radius 1 is 1.14 bits per heavy atom. The van der Waals surface area contributed by atoms with Gasteiger partial charge in [0.25, 0.3) is 0 Å². The minimum Gasteiger partial charge on any atom is -0.487 e. The van der Waals surface area contributed by atoms with Crippen molar-refractivity contribution in [1.82, 2.24) is 23.7 Å². The molecule has 1 N–H and O–H groups in total. The van der Waals surface area contributed by atoms with Gasteiger partial charge in [-0.2, -0.15) is 22.6 Å². The minimum atomic E-state index is -4.45. The highest BCUT2D eigenvalue weighted by molar-refractivity contribution is 7.13. The Morgan fingerprint density at radius 2 is 1.94 bits per heavy atom. The zero-order valence-electron chi connectivity index (χ0n) is 26.6. The average molecular weight is 745 g/mol. The quantitative estimate of drug-likeness (QED) is 0.133. The van der Waals surface area contributed by atoms with Gasteiger partial charge in [-0.3, -0.25) is 9.25 Å². The fourth-order valence-corrected chi connectivity index (χ4v) is 7.48. The van der Waals surface area contributed by atoms with Crippen LogP contribution in [0.15, 0.2) is 60.9 Å². The Morgan fingerprint density at radius 3 is 2.68 bits per heavy atom. The summed E-state index contributed by atoms with van der Waals surface area (Å²) in [5.41, 5.74) is 4.05. The molecule has 0 aliphatic heterocycles. The zero-order valence-corrected chi connectivity index (χ0v) is 28.9.